The first-order chi connectivity index (χ1) is 9.10. The number of nitrogens with zero attached hydrogens (tertiary/aromatic N) is 1. The second-order valence-corrected chi connectivity index (χ2v) is 5.92. The molecule has 1 aromatic rings. The molecule has 0 spiro atoms. The SMILES string of the molecule is CCN1CCCC(C(C)NC(C)c2ccc(C)o2)C1. The molecule has 0 amide bonds. The second-order valence-electron chi connectivity index (χ2n) is 5.92. The molecule has 2 heterocycles. The molecule has 1 N–H and O–H groups in total. The third-order valence-electron chi connectivity index (χ3n) is 4.40. The zero-order valence-electron chi connectivity index (χ0n) is 12.8. The second kappa shape index (κ2) is 6.58. The van der Waals surface area contributed by atoms with E-state index in [-0.39, 0.29) is 0 Å². The quantitative estimate of drug-likeness (QED) is 0.884. The van der Waals surface area contributed by atoms with Gasteiger partial charge in [0.2, 0.25) is 0 Å². The van der Waals surface area contributed by atoms with Crippen molar-refractivity contribution >= 4 is 0 Å². The highest BCUT2D eigenvalue weighted by molar-refractivity contribution is 5.09. The van der Waals surface area contributed by atoms with Gasteiger partial charge in [0.25, 0.3) is 0 Å². The van der Waals surface area contributed by atoms with E-state index < -0.39 is 0 Å². The molecule has 3 heteroatoms. The van der Waals surface area contributed by atoms with Gasteiger partial charge < -0.3 is 14.6 Å². The molecule has 1 aromatic heterocycles. The van der Waals surface area contributed by atoms with E-state index in [1.807, 2.05) is 13.0 Å². The number of nitrogens with one attached hydrogen (secondary N) is 1. The van der Waals surface area contributed by atoms with Crippen molar-refractivity contribution in [2.24, 2.45) is 5.92 Å². The van der Waals surface area contributed by atoms with E-state index in [0.717, 1.165) is 17.4 Å². The number of likely N-dealkylation sites (tertiary alicyclic amines) is 1. The zero-order chi connectivity index (χ0) is 13.8. The van der Waals surface area contributed by atoms with Crippen molar-refractivity contribution in [1.29, 1.82) is 0 Å². The molecule has 19 heavy (non-hydrogen) atoms. The van der Waals surface area contributed by atoms with E-state index in [4.69, 9.17) is 4.42 Å². The summed E-state index contributed by atoms with van der Waals surface area (Å²) in [6.45, 7) is 12.4. The molecule has 3 nitrogen and oxygen atoms in total. The van der Waals surface area contributed by atoms with Gasteiger partial charge >= 0.3 is 0 Å². The van der Waals surface area contributed by atoms with Gasteiger partial charge in [-0.1, -0.05) is 6.92 Å². The standard InChI is InChI=1S/C16H28N2O/c1-5-18-10-6-7-15(11-18)13(3)17-14(4)16-9-8-12(2)19-16/h8-9,13-15,17H,5-7,10-11H2,1-4H3. The smallest absolute Gasteiger partial charge is 0.120 e. The number of furan rings is 1. The summed E-state index contributed by atoms with van der Waals surface area (Å²) in [5.41, 5.74) is 0. The van der Waals surface area contributed by atoms with Crippen molar-refractivity contribution in [3.63, 3.8) is 0 Å². The van der Waals surface area contributed by atoms with Crippen molar-refractivity contribution in [2.75, 3.05) is 19.6 Å². The van der Waals surface area contributed by atoms with Gasteiger partial charge in [-0.25, -0.2) is 0 Å². The van der Waals surface area contributed by atoms with Gasteiger partial charge in [0, 0.05) is 12.6 Å². The van der Waals surface area contributed by atoms with Gasteiger partial charge in [-0.3, -0.25) is 0 Å². The summed E-state index contributed by atoms with van der Waals surface area (Å²) in [6.07, 6.45) is 2.67. The van der Waals surface area contributed by atoms with Crippen LogP contribution in [0.15, 0.2) is 16.5 Å². The molecule has 3 atom stereocenters. The molecule has 108 valence electrons. The molecule has 3 unspecified atom stereocenters. The van der Waals surface area contributed by atoms with Crippen LogP contribution >= 0.6 is 0 Å². The molecule has 1 aliphatic rings. The van der Waals surface area contributed by atoms with E-state index in [1.54, 1.807) is 0 Å². The fourth-order valence-corrected chi connectivity index (χ4v) is 3.09. The Morgan fingerprint density at radius 3 is 2.84 bits per heavy atom. The fraction of sp³-hybridized carbons (Fsp3) is 0.750. The molecule has 2 rings (SSSR count). The van der Waals surface area contributed by atoms with Crippen molar-refractivity contribution in [3.05, 3.63) is 23.7 Å². The van der Waals surface area contributed by atoms with Crippen LogP contribution in [0.4, 0.5) is 0 Å². The largest absolute Gasteiger partial charge is 0.465 e. The summed E-state index contributed by atoms with van der Waals surface area (Å²) in [5.74, 6) is 2.80. The molecule has 0 aromatic carbocycles. The van der Waals surface area contributed by atoms with Crippen LogP contribution in [-0.2, 0) is 0 Å². The van der Waals surface area contributed by atoms with Gasteiger partial charge in [0.1, 0.15) is 11.5 Å². The molecule has 1 saturated heterocycles. The summed E-state index contributed by atoms with van der Waals surface area (Å²) >= 11 is 0. The first-order valence-electron chi connectivity index (χ1n) is 7.65. The summed E-state index contributed by atoms with van der Waals surface area (Å²) in [4.78, 5) is 2.56. The molecular formula is C16H28N2O. The normalized spacial score (nSPS) is 24.3. The van der Waals surface area contributed by atoms with Gasteiger partial charge in [-0.15, -0.1) is 0 Å². The highest BCUT2D eigenvalue weighted by atomic mass is 16.3. The Kier molecular flexibility index (Phi) is 5.06. The predicted octanol–water partition coefficient (Wildman–Crippen LogP) is 3.36. The lowest BCUT2D eigenvalue weighted by atomic mass is 9.91. The Morgan fingerprint density at radius 2 is 2.21 bits per heavy atom. The lowest BCUT2D eigenvalue weighted by Gasteiger charge is -2.36. The van der Waals surface area contributed by atoms with E-state index in [9.17, 15) is 0 Å². The third-order valence-corrected chi connectivity index (χ3v) is 4.40. The first-order valence-corrected chi connectivity index (χ1v) is 7.65. The topological polar surface area (TPSA) is 28.4 Å². The van der Waals surface area contributed by atoms with Gasteiger partial charge in [-0.2, -0.15) is 0 Å². The predicted molar refractivity (Wildman–Crippen MR) is 79.3 cm³/mol. The summed E-state index contributed by atoms with van der Waals surface area (Å²) in [7, 11) is 0. The minimum Gasteiger partial charge on any atom is -0.465 e. The molecule has 0 bridgehead atoms. The zero-order valence-corrected chi connectivity index (χ0v) is 12.8. The lowest BCUT2D eigenvalue weighted by molar-refractivity contribution is 0.152. The molecule has 0 aliphatic carbocycles. The Hall–Kier alpha value is -0.800. The maximum atomic E-state index is 5.70. The Balaban J connectivity index is 1.87. The molecule has 0 radical (unpaired) electrons. The number of rotatable bonds is 5. The third kappa shape index (κ3) is 3.83. The minimum absolute atomic E-state index is 0.292. The van der Waals surface area contributed by atoms with Crippen molar-refractivity contribution in [3.8, 4) is 0 Å². The fourth-order valence-electron chi connectivity index (χ4n) is 3.09. The molecule has 1 fully saturated rings. The van der Waals surface area contributed by atoms with Crippen LogP contribution in [0.2, 0.25) is 0 Å². The lowest BCUT2D eigenvalue weighted by Crippen LogP contribution is -2.44. The van der Waals surface area contributed by atoms with Crippen LogP contribution in [0.3, 0.4) is 0 Å². The van der Waals surface area contributed by atoms with E-state index in [1.165, 1.54) is 32.5 Å². The van der Waals surface area contributed by atoms with Gasteiger partial charge in [0.15, 0.2) is 0 Å². The number of hydrogen-bond donors (Lipinski definition) is 1. The van der Waals surface area contributed by atoms with Crippen molar-refractivity contribution in [1.82, 2.24) is 10.2 Å². The van der Waals surface area contributed by atoms with Crippen molar-refractivity contribution < 1.29 is 4.42 Å². The molecule has 1 aliphatic heterocycles. The van der Waals surface area contributed by atoms with Gasteiger partial charge in [0.05, 0.1) is 6.04 Å². The Bertz CT molecular complexity index is 388. The maximum Gasteiger partial charge on any atom is 0.120 e. The maximum absolute atomic E-state index is 5.70. The summed E-state index contributed by atoms with van der Waals surface area (Å²) < 4.78 is 5.70. The molecule has 0 saturated carbocycles. The minimum atomic E-state index is 0.292. The summed E-state index contributed by atoms with van der Waals surface area (Å²) in [6, 6.07) is 4.95. The van der Waals surface area contributed by atoms with Crippen molar-refractivity contribution in [2.45, 2.75) is 52.6 Å². The number of piperidine rings is 1. The average molecular weight is 264 g/mol. The highest BCUT2D eigenvalue weighted by Gasteiger charge is 2.25. The Labute approximate surface area is 117 Å². The van der Waals surface area contributed by atoms with E-state index in [0.29, 0.717) is 12.1 Å². The van der Waals surface area contributed by atoms with Crippen LogP contribution in [0, 0.1) is 12.8 Å². The van der Waals surface area contributed by atoms with Crippen LogP contribution in [0.5, 0.6) is 0 Å². The monoisotopic (exact) mass is 264 g/mol. The first kappa shape index (κ1) is 14.6. The van der Waals surface area contributed by atoms with E-state index in [2.05, 4.69) is 37.1 Å². The van der Waals surface area contributed by atoms with Crippen LogP contribution in [0.25, 0.3) is 0 Å². The average Bonchev–Trinajstić information content (AvgIpc) is 2.85. The van der Waals surface area contributed by atoms with Gasteiger partial charge in [-0.05, 0) is 64.8 Å². The number of hydrogen-bond acceptors (Lipinski definition) is 3. The van der Waals surface area contributed by atoms with Crippen LogP contribution < -0.4 is 5.32 Å². The number of aryl methyl sites for hydroxylation is 1. The van der Waals surface area contributed by atoms with Crippen LogP contribution in [0.1, 0.15) is 51.2 Å². The Morgan fingerprint density at radius 1 is 1.42 bits per heavy atom. The summed E-state index contributed by atoms with van der Waals surface area (Å²) in [5, 5.41) is 3.70. The molecular weight excluding hydrogens is 236 g/mol. The van der Waals surface area contributed by atoms with Crippen LogP contribution in [-0.4, -0.2) is 30.6 Å². The van der Waals surface area contributed by atoms with E-state index >= 15 is 0 Å². The highest BCUT2D eigenvalue weighted by Crippen LogP contribution is 2.22.